The van der Waals surface area contributed by atoms with Crippen molar-refractivity contribution in [2.24, 2.45) is 21.7 Å². The van der Waals surface area contributed by atoms with Crippen LogP contribution in [-0.2, 0) is 14.3 Å². The van der Waals surface area contributed by atoms with Crippen LogP contribution in [0.1, 0.15) is 91.9 Å². The molecule has 0 aliphatic heterocycles. The summed E-state index contributed by atoms with van der Waals surface area (Å²) < 4.78 is 5.00. The first-order chi connectivity index (χ1) is 12.3. The van der Waals surface area contributed by atoms with E-state index in [9.17, 15) is 9.59 Å². The number of carbonyl (C=O) groups excluding carboxylic acids is 2. The zero-order valence-electron chi connectivity index (χ0n) is 17.2. The minimum atomic E-state index is -0.142. The zero-order valence-corrected chi connectivity index (χ0v) is 17.2. The van der Waals surface area contributed by atoms with Crippen molar-refractivity contribution in [3.8, 4) is 0 Å². The average Bonchev–Trinajstić information content (AvgIpc) is 2.47. The van der Waals surface area contributed by atoms with Gasteiger partial charge in [0.15, 0.2) is 0 Å². The molecule has 6 rings (SSSR count). The molecule has 0 amide bonds. The van der Waals surface area contributed by atoms with E-state index in [2.05, 4.69) is 19.9 Å². The molecule has 26 heavy (non-hydrogen) atoms. The molecule has 0 spiro atoms. The van der Waals surface area contributed by atoms with Crippen LogP contribution in [0, 0.1) is 21.7 Å². The molecule has 6 aliphatic carbocycles. The first-order valence-electron chi connectivity index (χ1n) is 10.6. The Morgan fingerprint density at radius 2 is 1.35 bits per heavy atom. The first-order valence-corrected chi connectivity index (χ1v) is 10.6. The maximum Gasteiger partial charge on any atom is 0.333 e. The van der Waals surface area contributed by atoms with Crippen LogP contribution < -0.4 is 0 Å². The fraction of sp³-hybridized carbons (Fsp3) is 0.826. The largest absolute Gasteiger partial charge is 0.463 e. The highest BCUT2D eigenvalue weighted by Gasteiger charge is 2.67. The van der Waals surface area contributed by atoms with Crippen molar-refractivity contribution in [2.45, 2.75) is 91.9 Å². The predicted octanol–water partition coefficient (Wildman–Crippen LogP) is 5.62. The highest BCUT2D eigenvalue weighted by atomic mass is 16.5. The van der Waals surface area contributed by atoms with E-state index >= 15 is 0 Å². The van der Waals surface area contributed by atoms with Crippen LogP contribution in [-0.4, -0.2) is 18.9 Å². The Hall–Kier alpha value is -1.12. The lowest BCUT2D eigenvalue weighted by Crippen LogP contribution is -2.62. The number of carbonyl (C=O) groups is 2. The van der Waals surface area contributed by atoms with Crippen LogP contribution in [0.3, 0.4) is 0 Å². The van der Waals surface area contributed by atoms with E-state index in [4.69, 9.17) is 4.74 Å². The highest BCUT2D eigenvalue weighted by Crippen LogP contribution is 2.76. The third-order valence-corrected chi connectivity index (χ3v) is 7.29. The number of allylic oxidation sites excluding steroid dienone is 1. The van der Waals surface area contributed by atoms with E-state index in [0.717, 1.165) is 5.57 Å². The minimum absolute atomic E-state index is 0.142. The van der Waals surface area contributed by atoms with E-state index in [1.165, 1.54) is 70.5 Å². The summed E-state index contributed by atoms with van der Waals surface area (Å²) in [6, 6.07) is 0. The van der Waals surface area contributed by atoms with Crippen LogP contribution in [0.4, 0.5) is 0 Å². The summed E-state index contributed by atoms with van der Waals surface area (Å²) >= 11 is 0. The molecule has 3 nitrogen and oxygen atoms in total. The maximum atomic E-state index is 11.5. The molecular formula is C23H36O3. The molecular weight excluding hydrogens is 324 g/mol. The lowest BCUT2D eigenvalue weighted by Gasteiger charge is -2.70. The van der Waals surface area contributed by atoms with Gasteiger partial charge >= 0.3 is 5.97 Å². The van der Waals surface area contributed by atoms with Gasteiger partial charge < -0.3 is 9.53 Å². The number of rotatable bonds is 8. The standard InChI is InChI=1S/C14H22O2.C9H14O/c1-4-6-13-8-14(9-13,10-13)7-11(3)12(15)16-5-2;1-2-3-8-4-9(5-8,6-8)7-10/h7H,4-6,8-10H2,1-3H3;7H,2-6H2,1H3/b11-7+;. The highest BCUT2D eigenvalue weighted by molar-refractivity contribution is 5.88. The third-order valence-electron chi connectivity index (χ3n) is 7.29. The van der Waals surface area contributed by atoms with Crippen molar-refractivity contribution < 1.29 is 14.3 Å². The van der Waals surface area contributed by atoms with Crippen LogP contribution in [0.2, 0.25) is 0 Å². The molecule has 0 aromatic rings. The SMILES string of the molecule is CCCC12CC(/C=C(\C)C(=O)OCC)(C1)C2.CCCC12CC(C=O)(C1)C2. The van der Waals surface area contributed by atoms with Crippen molar-refractivity contribution in [3.63, 3.8) is 0 Å². The summed E-state index contributed by atoms with van der Waals surface area (Å²) in [6.45, 7) is 8.69. The van der Waals surface area contributed by atoms with Gasteiger partial charge in [0, 0.05) is 11.0 Å². The van der Waals surface area contributed by atoms with Crippen LogP contribution in [0.25, 0.3) is 0 Å². The van der Waals surface area contributed by atoms with Gasteiger partial charge in [-0.1, -0.05) is 32.8 Å². The Balaban J connectivity index is 0.000000167. The van der Waals surface area contributed by atoms with Gasteiger partial charge in [-0.3, -0.25) is 0 Å². The van der Waals surface area contributed by atoms with Gasteiger partial charge in [-0.25, -0.2) is 4.79 Å². The molecule has 6 aliphatic rings. The maximum absolute atomic E-state index is 11.5. The Bertz CT molecular complexity index is 561. The predicted molar refractivity (Wildman–Crippen MR) is 104 cm³/mol. The second-order valence-corrected chi connectivity index (χ2v) is 9.95. The second-order valence-electron chi connectivity index (χ2n) is 9.95. The Morgan fingerprint density at radius 3 is 1.73 bits per heavy atom. The quantitative estimate of drug-likeness (QED) is 0.320. The van der Waals surface area contributed by atoms with Crippen molar-refractivity contribution in [1.82, 2.24) is 0 Å². The van der Waals surface area contributed by atoms with Gasteiger partial charge in [0.05, 0.1) is 6.61 Å². The molecule has 0 radical (unpaired) electrons. The summed E-state index contributed by atoms with van der Waals surface area (Å²) in [6.07, 6.45) is 16.1. The second kappa shape index (κ2) is 6.80. The lowest BCUT2D eigenvalue weighted by molar-refractivity contribution is -0.196. The molecule has 0 saturated heterocycles. The number of hydrogen-bond donors (Lipinski definition) is 0. The van der Waals surface area contributed by atoms with E-state index in [-0.39, 0.29) is 11.4 Å². The molecule has 3 heteroatoms. The molecule has 0 atom stereocenters. The third kappa shape index (κ3) is 3.27. The van der Waals surface area contributed by atoms with Gasteiger partial charge in [0.2, 0.25) is 0 Å². The summed E-state index contributed by atoms with van der Waals surface area (Å²) in [5.41, 5.74) is 2.66. The fourth-order valence-corrected chi connectivity index (χ4v) is 6.80. The zero-order chi connectivity index (χ0) is 19.1. The van der Waals surface area contributed by atoms with E-state index < -0.39 is 0 Å². The molecule has 0 aromatic heterocycles. The molecule has 6 fully saturated rings. The number of aldehydes is 1. The summed E-state index contributed by atoms with van der Waals surface area (Å²) in [7, 11) is 0. The lowest BCUT2D eigenvalue weighted by atomic mass is 9.34. The van der Waals surface area contributed by atoms with Gasteiger partial charge in [0.1, 0.15) is 6.29 Å². The van der Waals surface area contributed by atoms with Crippen LogP contribution in [0.15, 0.2) is 11.6 Å². The van der Waals surface area contributed by atoms with Crippen molar-refractivity contribution in [1.29, 1.82) is 0 Å². The molecule has 4 bridgehead atoms. The van der Waals surface area contributed by atoms with Crippen LogP contribution in [0.5, 0.6) is 0 Å². The normalized spacial score (nSPS) is 41.3. The Morgan fingerprint density at radius 1 is 0.885 bits per heavy atom. The van der Waals surface area contributed by atoms with Crippen molar-refractivity contribution in [2.75, 3.05) is 6.61 Å². The van der Waals surface area contributed by atoms with Crippen LogP contribution >= 0.6 is 0 Å². The van der Waals surface area contributed by atoms with Gasteiger partial charge in [-0.2, -0.15) is 0 Å². The number of hydrogen-bond acceptors (Lipinski definition) is 3. The van der Waals surface area contributed by atoms with Crippen molar-refractivity contribution in [3.05, 3.63) is 11.6 Å². The fourth-order valence-electron chi connectivity index (χ4n) is 6.80. The Labute approximate surface area is 158 Å². The topological polar surface area (TPSA) is 43.4 Å². The molecule has 0 heterocycles. The average molecular weight is 361 g/mol. The number of esters is 1. The molecule has 0 N–H and O–H groups in total. The first kappa shape index (κ1) is 19.6. The van der Waals surface area contributed by atoms with Crippen molar-refractivity contribution >= 4 is 12.3 Å². The molecule has 6 saturated carbocycles. The summed E-state index contributed by atoms with van der Waals surface area (Å²) in [5.74, 6) is -0.142. The Kier molecular flexibility index (Phi) is 5.13. The molecule has 0 aromatic carbocycles. The number of ether oxygens (including phenoxy) is 1. The smallest absolute Gasteiger partial charge is 0.333 e. The van der Waals surface area contributed by atoms with Gasteiger partial charge in [-0.15, -0.1) is 0 Å². The molecule has 146 valence electrons. The van der Waals surface area contributed by atoms with Gasteiger partial charge in [-0.05, 0) is 81.5 Å². The monoisotopic (exact) mass is 360 g/mol. The van der Waals surface area contributed by atoms with E-state index in [0.29, 0.717) is 22.9 Å². The summed E-state index contributed by atoms with van der Waals surface area (Å²) in [5, 5.41) is 0. The van der Waals surface area contributed by atoms with E-state index in [1.54, 1.807) is 0 Å². The van der Waals surface area contributed by atoms with Gasteiger partial charge in [0.25, 0.3) is 0 Å². The minimum Gasteiger partial charge on any atom is -0.463 e. The van der Waals surface area contributed by atoms with E-state index in [1.807, 2.05) is 13.8 Å². The summed E-state index contributed by atoms with van der Waals surface area (Å²) in [4.78, 5) is 22.0. The molecule has 0 unspecified atom stereocenters.